The molecule has 0 aromatic carbocycles. The van der Waals surface area contributed by atoms with Crippen LogP contribution in [0, 0.1) is 0 Å². The number of hydrogen-bond donors (Lipinski definition) is 1. The van der Waals surface area contributed by atoms with E-state index in [0.29, 0.717) is 18.6 Å². The van der Waals surface area contributed by atoms with Gasteiger partial charge in [0.2, 0.25) is 0 Å². The first-order valence-corrected chi connectivity index (χ1v) is 5.33. The van der Waals surface area contributed by atoms with Crippen LogP contribution in [-0.2, 0) is 4.79 Å². The van der Waals surface area contributed by atoms with E-state index in [-0.39, 0.29) is 0 Å². The van der Waals surface area contributed by atoms with E-state index in [0.717, 1.165) is 23.1 Å². The summed E-state index contributed by atoms with van der Waals surface area (Å²) in [6, 6.07) is 2.04. The molecule has 1 aliphatic rings. The third-order valence-corrected chi connectivity index (χ3v) is 2.89. The van der Waals surface area contributed by atoms with E-state index in [1.165, 1.54) is 11.9 Å². The first-order valence-electron chi connectivity index (χ1n) is 5.33. The quantitative estimate of drug-likeness (QED) is 0.789. The van der Waals surface area contributed by atoms with E-state index in [4.69, 9.17) is 0 Å². The minimum atomic E-state index is 0.319. The van der Waals surface area contributed by atoms with E-state index in [2.05, 4.69) is 15.0 Å². The third-order valence-electron chi connectivity index (χ3n) is 2.89. The number of nitrogens with zero attached hydrogens (tertiary/aromatic N) is 2. The van der Waals surface area contributed by atoms with Crippen LogP contribution in [-0.4, -0.2) is 20.7 Å². The maximum absolute atomic E-state index is 11.1. The minimum absolute atomic E-state index is 0.319. The van der Waals surface area contributed by atoms with Gasteiger partial charge in [-0.15, -0.1) is 0 Å². The Bertz CT molecular complexity index is 550. The maximum atomic E-state index is 11.1. The summed E-state index contributed by atoms with van der Waals surface area (Å²) in [5.41, 5.74) is 3.11. The molecule has 0 bridgehead atoms. The lowest BCUT2D eigenvalue weighted by Crippen LogP contribution is -2.02. The van der Waals surface area contributed by atoms with Crippen LogP contribution in [0.5, 0.6) is 0 Å². The summed E-state index contributed by atoms with van der Waals surface area (Å²) in [6.45, 7) is 0. The third kappa shape index (κ3) is 1.52. The highest BCUT2D eigenvalue weighted by atomic mass is 16.1. The second kappa shape index (κ2) is 3.56. The monoisotopic (exact) mass is 213 g/mol. The second-order valence-electron chi connectivity index (χ2n) is 3.98. The van der Waals surface area contributed by atoms with Crippen LogP contribution in [0.25, 0.3) is 16.6 Å². The average Bonchev–Trinajstić information content (AvgIpc) is 2.73. The molecule has 4 heteroatoms. The first-order chi connectivity index (χ1) is 7.83. The van der Waals surface area contributed by atoms with Crippen molar-refractivity contribution in [3.05, 3.63) is 30.4 Å². The summed E-state index contributed by atoms with van der Waals surface area (Å²) in [4.78, 5) is 22.5. The largest absolute Gasteiger partial charge is 0.339 e. The number of fused-ring (bicyclic) bond motifs is 1. The summed E-state index contributed by atoms with van der Waals surface area (Å²) in [5.74, 6) is 0.319. The van der Waals surface area contributed by atoms with Gasteiger partial charge in [0, 0.05) is 30.1 Å². The van der Waals surface area contributed by atoms with Crippen LogP contribution in [0.15, 0.2) is 24.7 Å². The Hall–Kier alpha value is -1.97. The molecule has 16 heavy (non-hydrogen) atoms. The molecule has 3 rings (SSSR count). The van der Waals surface area contributed by atoms with Gasteiger partial charge in [-0.05, 0) is 18.1 Å². The zero-order chi connectivity index (χ0) is 11.0. The highest BCUT2D eigenvalue weighted by Crippen LogP contribution is 2.26. The lowest BCUT2D eigenvalue weighted by Gasteiger charge is -2.09. The van der Waals surface area contributed by atoms with Crippen molar-refractivity contribution >= 4 is 22.4 Å². The minimum Gasteiger partial charge on any atom is -0.339 e. The summed E-state index contributed by atoms with van der Waals surface area (Å²) in [6.07, 6.45) is 7.34. The lowest BCUT2D eigenvalue weighted by atomic mass is 9.96. The smallest absolute Gasteiger partial charge is 0.141 e. The van der Waals surface area contributed by atoms with E-state index < -0.39 is 0 Å². The van der Waals surface area contributed by atoms with Crippen molar-refractivity contribution < 1.29 is 4.79 Å². The molecule has 0 aliphatic heterocycles. The van der Waals surface area contributed by atoms with Crippen LogP contribution < -0.4 is 0 Å². The van der Waals surface area contributed by atoms with Gasteiger partial charge in [0.1, 0.15) is 17.8 Å². The van der Waals surface area contributed by atoms with Crippen LogP contribution in [0.4, 0.5) is 0 Å². The Morgan fingerprint density at radius 1 is 1.31 bits per heavy atom. The summed E-state index contributed by atoms with van der Waals surface area (Å²) in [7, 11) is 0. The number of ketones is 1. The molecular weight excluding hydrogens is 202 g/mol. The van der Waals surface area contributed by atoms with Gasteiger partial charge >= 0.3 is 0 Å². The molecule has 0 amide bonds. The van der Waals surface area contributed by atoms with Gasteiger partial charge in [0.25, 0.3) is 0 Å². The molecule has 0 unspecified atom stereocenters. The predicted molar refractivity (Wildman–Crippen MR) is 60.7 cm³/mol. The Morgan fingerprint density at radius 2 is 2.25 bits per heavy atom. The Kier molecular flexibility index (Phi) is 2.06. The zero-order valence-electron chi connectivity index (χ0n) is 8.73. The fourth-order valence-electron chi connectivity index (χ4n) is 2.00. The standard InChI is InChI=1S/C12H11N3O/c16-10-3-1-8(2-4-10)11-5-9-6-13-7-14-12(9)15-11/h1,5-7H,2-4H2,(H,13,14,15). The van der Waals surface area contributed by atoms with Crippen molar-refractivity contribution in [1.29, 1.82) is 0 Å². The van der Waals surface area contributed by atoms with E-state index >= 15 is 0 Å². The van der Waals surface area contributed by atoms with Crippen LogP contribution in [0.1, 0.15) is 25.0 Å². The van der Waals surface area contributed by atoms with Crippen LogP contribution >= 0.6 is 0 Å². The van der Waals surface area contributed by atoms with E-state index in [1.54, 1.807) is 6.20 Å². The Morgan fingerprint density at radius 3 is 3.00 bits per heavy atom. The molecule has 1 aliphatic carbocycles. The van der Waals surface area contributed by atoms with Crippen LogP contribution in [0.3, 0.4) is 0 Å². The first kappa shape index (κ1) is 9.27. The molecule has 1 N–H and O–H groups in total. The summed E-state index contributed by atoms with van der Waals surface area (Å²) >= 11 is 0. The molecule has 0 spiro atoms. The van der Waals surface area contributed by atoms with Gasteiger partial charge in [-0.2, -0.15) is 0 Å². The number of carbonyl (C=O) groups excluding carboxylic acids is 1. The predicted octanol–water partition coefficient (Wildman–Crippen LogP) is 2.09. The fraction of sp³-hybridized carbons (Fsp3) is 0.250. The van der Waals surface area contributed by atoms with Crippen molar-refractivity contribution in [1.82, 2.24) is 15.0 Å². The van der Waals surface area contributed by atoms with Gasteiger partial charge in [-0.1, -0.05) is 6.08 Å². The second-order valence-corrected chi connectivity index (χ2v) is 3.98. The van der Waals surface area contributed by atoms with Gasteiger partial charge in [-0.25, -0.2) is 9.97 Å². The molecular formula is C12H11N3O. The van der Waals surface area contributed by atoms with Crippen molar-refractivity contribution in [3.8, 4) is 0 Å². The van der Waals surface area contributed by atoms with Crippen molar-refractivity contribution in [2.75, 3.05) is 0 Å². The lowest BCUT2D eigenvalue weighted by molar-refractivity contribution is -0.118. The zero-order valence-corrected chi connectivity index (χ0v) is 8.73. The fourth-order valence-corrected chi connectivity index (χ4v) is 2.00. The molecule has 0 radical (unpaired) electrons. The van der Waals surface area contributed by atoms with E-state index in [9.17, 15) is 4.79 Å². The van der Waals surface area contributed by atoms with Gasteiger partial charge in [0.05, 0.1) is 0 Å². The Balaban J connectivity index is 2.03. The van der Waals surface area contributed by atoms with Crippen LogP contribution in [0.2, 0.25) is 0 Å². The molecule has 2 aromatic heterocycles. The van der Waals surface area contributed by atoms with Crippen molar-refractivity contribution in [3.63, 3.8) is 0 Å². The highest BCUT2D eigenvalue weighted by Gasteiger charge is 2.13. The van der Waals surface area contributed by atoms with Crippen molar-refractivity contribution in [2.45, 2.75) is 19.3 Å². The average molecular weight is 213 g/mol. The number of allylic oxidation sites excluding steroid dienone is 2. The molecule has 2 aromatic rings. The summed E-state index contributed by atoms with van der Waals surface area (Å²) in [5, 5.41) is 1.01. The number of carbonyl (C=O) groups is 1. The molecule has 80 valence electrons. The summed E-state index contributed by atoms with van der Waals surface area (Å²) < 4.78 is 0. The van der Waals surface area contributed by atoms with Gasteiger partial charge < -0.3 is 4.98 Å². The number of nitrogens with one attached hydrogen (secondary N) is 1. The van der Waals surface area contributed by atoms with E-state index in [1.807, 2.05) is 12.1 Å². The number of rotatable bonds is 1. The van der Waals surface area contributed by atoms with Crippen molar-refractivity contribution in [2.24, 2.45) is 0 Å². The molecule has 0 saturated carbocycles. The highest BCUT2D eigenvalue weighted by molar-refractivity contribution is 5.88. The molecule has 0 atom stereocenters. The molecule has 2 heterocycles. The normalized spacial score (nSPS) is 16.5. The number of H-pyrrole nitrogens is 1. The molecule has 0 saturated heterocycles. The van der Waals surface area contributed by atoms with Gasteiger partial charge in [0.15, 0.2) is 0 Å². The SMILES string of the molecule is O=C1CC=C(c2cc3cncnc3[nH]2)CC1. The topological polar surface area (TPSA) is 58.6 Å². The number of hydrogen-bond acceptors (Lipinski definition) is 3. The van der Waals surface area contributed by atoms with Gasteiger partial charge in [-0.3, -0.25) is 4.79 Å². The number of aromatic nitrogens is 3. The number of aromatic amines is 1. The molecule has 0 fully saturated rings. The molecule has 4 nitrogen and oxygen atoms in total. The Labute approximate surface area is 92.4 Å². The number of Topliss-reactive ketones (excluding diaryl/α,β-unsaturated/α-hetero) is 1. The maximum Gasteiger partial charge on any atom is 0.141 e.